The second-order valence-corrected chi connectivity index (χ2v) is 9.55. The normalized spacial score (nSPS) is 12.4. The fraction of sp³-hybridized carbons (Fsp3) is 0.160. The Bertz CT molecular complexity index is 1460. The van der Waals surface area contributed by atoms with Crippen LogP contribution in [0.3, 0.4) is 0 Å². The number of furan rings is 1. The molecule has 9 heteroatoms. The lowest BCUT2D eigenvalue weighted by Gasteiger charge is -2.08. The number of pyridine rings is 1. The number of rotatable bonds is 6. The molecule has 1 aromatic carbocycles. The molecule has 0 aliphatic carbocycles. The Morgan fingerprint density at radius 2 is 2.06 bits per heavy atom. The van der Waals surface area contributed by atoms with Gasteiger partial charge in [0, 0.05) is 40.9 Å². The standard InChI is InChI=1S/C25H19ClN4O3S/c1-13-23(34-14(2)28-13)21(31)9-15-8-16-10-20(30-24(16)27-12-15)18-11-17(5-6-19(18)26)29-25(32)22-4-3-7-33-22/h3-8,11-12H,9-10H2,1-2H3,(H,29,32). The van der Waals surface area contributed by atoms with Crippen molar-refractivity contribution in [1.29, 1.82) is 0 Å². The predicted octanol–water partition coefficient (Wildman–Crippen LogP) is 5.76. The van der Waals surface area contributed by atoms with Crippen LogP contribution < -0.4 is 5.32 Å². The van der Waals surface area contributed by atoms with Gasteiger partial charge in [0.15, 0.2) is 17.4 Å². The predicted molar refractivity (Wildman–Crippen MR) is 132 cm³/mol. The fourth-order valence-corrected chi connectivity index (χ4v) is 4.95. The quantitative estimate of drug-likeness (QED) is 0.347. The maximum absolute atomic E-state index is 12.7. The Kier molecular flexibility index (Phi) is 5.85. The first-order valence-corrected chi connectivity index (χ1v) is 11.7. The first-order valence-electron chi connectivity index (χ1n) is 10.5. The van der Waals surface area contributed by atoms with Gasteiger partial charge in [0.25, 0.3) is 5.91 Å². The third-order valence-corrected chi connectivity index (χ3v) is 6.84. The van der Waals surface area contributed by atoms with E-state index in [1.807, 2.05) is 19.9 Å². The van der Waals surface area contributed by atoms with Crippen molar-refractivity contribution in [3.8, 4) is 0 Å². The Hall–Kier alpha value is -3.62. The molecular formula is C25H19ClN4O3S. The number of halogens is 1. The zero-order valence-corrected chi connectivity index (χ0v) is 20.0. The maximum Gasteiger partial charge on any atom is 0.291 e. The molecule has 0 bridgehead atoms. The summed E-state index contributed by atoms with van der Waals surface area (Å²) in [4.78, 5) is 39.2. The van der Waals surface area contributed by atoms with Crippen molar-refractivity contribution in [1.82, 2.24) is 9.97 Å². The van der Waals surface area contributed by atoms with E-state index in [2.05, 4.69) is 20.3 Å². The SMILES string of the molecule is Cc1nc(C)c(C(=O)Cc2cnc3c(c2)CC(c2cc(NC(=O)c4ccco4)ccc2Cl)=N3)s1. The molecule has 0 unspecified atom stereocenters. The number of hydrogen-bond acceptors (Lipinski definition) is 7. The number of nitrogens with one attached hydrogen (secondary N) is 1. The van der Waals surface area contributed by atoms with Crippen molar-refractivity contribution < 1.29 is 14.0 Å². The molecule has 7 nitrogen and oxygen atoms in total. The van der Waals surface area contributed by atoms with E-state index < -0.39 is 0 Å². The van der Waals surface area contributed by atoms with Crippen LogP contribution in [0.15, 0.2) is 58.3 Å². The maximum atomic E-state index is 12.7. The van der Waals surface area contributed by atoms with Gasteiger partial charge in [-0.1, -0.05) is 11.6 Å². The zero-order chi connectivity index (χ0) is 23.8. The summed E-state index contributed by atoms with van der Waals surface area (Å²) in [6.07, 6.45) is 3.92. The topological polar surface area (TPSA) is 97.5 Å². The number of thiazole rings is 1. The van der Waals surface area contributed by atoms with Gasteiger partial charge in [0.1, 0.15) is 0 Å². The molecule has 0 saturated carbocycles. The molecule has 0 radical (unpaired) electrons. The fourth-order valence-electron chi connectivity index (χ4n) is 3.86. The number of nitrogens with zero attached hydrogens (tertiary/aromatic N) is 3. The number of carbonyl (C=O) groups excluding carboxylic acids is 2. The third-order valence-electron chi connectivity index (χ3n) is 5.40. The van der Waals surface area contributed by atoms with E-state index in [-0.39, 0.29) is 23.9 Å². The van der Waals surface area contributed by atoms with Crippen molar-refractivity contribution in [3.63, 3.8) is 0 Å². The minimum atomic E-state index is -0.350. The van der Waals surface area contributed by atoms with E-state index in [0.29, 0.717) is 33.4 Å². The molecule has 0 atom stereocenters. The first-order chi connectivity index (χ1) is 16.4. The molecule has 0 spiro atoms. The number of aliphatic imine (C=N–C) groups is 1. The smallest absolute Gasteiger partial charge is 0.291 e. The molecule has 5 rings (SSSR count). The van der Waals surface area contributed by atoms with E-state index in [9.17, 15) is 9.59 Å². The van der Waals surface area contributed by atoms with Gasteiger partial charge in [-0.15, -0.1) is 11.3 Å². The van der Waals surface area contributed by atoms with Gasteiger partial charge in [-0.2, -0.15) is 0 Å². The number of amides is 1. The molecule has 34 heavy (non-hydrogen) atoms. The van der Waals surface area contributed by atoms with Crippen LogP contribution in [0, 0.1) is 13.8 Å². The average molecular weight is 491 g/mol. The number of aromatic nitrogens is 2. The molecule has 1 aliphatic rings. The lowest BCUT2D eigenvalue weighted by molar-refractivity contribution is 0.0988. The number of ketones is 1. The van der Waals surface area contributed by atoms with Crippen molar-refractivity contribution in [3.05, 3.63) is 91.9 Å². The summed E-state index contributed by atoms with van der Waals surface area (Å²) in [5, 5.41) is 4.21. The number of hydrogen-bond donors (Lipinski definition) is 1. The first kappa shape index (κ1) is 22.2. The summed E-state index contributed by atoms with van der Waals surface area (Å²) in [5.74, 6) is 0.512. The summed E-state index contributed by atoms with van der Waals surface area (Å²) >= 11 is 7.87. The van der Waals surface area contributed by atoms with E-state index in [1.54, 1.807) is 36.5 Å². The Labute approximate surface area is 204 Å². The van der Waals surface area contributed by atoms with E-state index in [0.717, 1.165) is 27.5 Å². The van der Waals surface area contributed by atoms with Crippen molar-refractivity contribution in [2.75, 3.05) is 5.32 Å². The van der Waals surface area contributed by atoms with Crippen LogP contribution in [-0.4, -0.2) is 27.4 Å². The monoisotopic (exact) mass is 490 g/mol. The highest BCUT2D eigenvalue weighted by molar-refractivity contribution is 7.13. The summed E-state index contributed by atoms with van der Waals surface area (Å²) < 4.78 is 5.14. The lowest BCUT2D eigenvalue weighted by atomic mass is 10.0. The second-order valence-electron chi connectivity index (χ2n) is 7.93. The largest absolute Gasteiger partial charge is 0.459 e. The van der Waals surface area contributed by atoms with Gasteiger partial charge in [-0.25, -0.2) is 15.0 Å². The molecule has 4 aromatic rings. The van der Waals surface area contributed by atoms with Crippen LogP contribution in [0.4, 0.5) is 11.5 Å². The Balaban J connectivity index is 1.33. The number of aryl methyl sites for hydroxylation is 2. The minimum Gasteiger partial charge on any atom is -0.459 e. The molecule has 1 amide bonds. The number of carbonyl (C=O) groups is 2. The number of fused-ring (bicyclic) bond motifs is 1. The summed E-state index contributed by atoms with van der Waals surface area (Å²) in [5.41, 5.74) is 4.56. The van der Waals surface area contributed by atoms with Crippen LogP contribution >= 0.6 is 22.9 Å². The van der Waals surface area contributed by atoms with Gasteiger partial charge in [0.05, 0.1) is 27.6 Å². The van der Waals surface area contributed by atoms with E-state index in [4.69, 9.17) is 16.0 Å². The highest BCUT2D eigenvalue weighted by Gasteiger charge is 2.22. The summed E-state index contributed by atoms with van der Waals surface area (Å²) in [6.45, 7) is 3.75. The molecule has 4 heterocycles. The molecule has 170 valence electrons. The number of benzene rings is 1. The van der Waals surface area contributed by atoms with Gasteiger partial charge < -0.3 is 9.73 Å². The third kappa shape index (κ3) is 4.42. The van der Waals surface area contributed by atoms with Gasteiger partial charge in [-0.05, 0) is 55.8 Å². The minimum absolute atomic E-state index is 0.0343. The second kappa shape index (κ2) is 8.96. The Morgan fingerprint density at radius 3 is 2.79 bits per heavy atom. The zero-order valence-electron chi connectivity index (χ0n) is 18.4. The number of Topliss-reactive ketones (excluding diaryl/α,β-unsaturated/α-hetero) is 1. The highest BCUT2D eigenvalue weighted by Crippen LogP contribution is 2.32. The Morgan fingerprint density at radius 1 is 1.21 bits per heavy atom. The molecule has 1 aliphatic heterocycles. The van der Waals surface area contributed by atoms with Crippen LogP contribution in [-0.2, 0) is 12.8 Å². The lowest BCUT2D eigenvalue weighted by Crippen LogP contribution is -2.12. The van der Waals surface area contributed by atoms with E-state index in [1.165, 1.54) is 17.6 Å². The van der Waals surface area contributed by atoms with Crippen molar-refractivity contribution in [2.24, 2.45) is 4.99 Å². The van der Waals surface area contributed by atoms with E-state index >= 15 is 0 Å². The molecular weight excluding hydrogens is 472 g/mol. The van der Waals surface area contributed by atoms with Crippen molar-refractivity contribution >= 4 is 51.8 Å². The van der Waals surface area contributed by atoms with Crippen LogP contribution in [0.2, 0.25) is 5.02 Å². The summed E-state index contributed by atoms with van der Waals surface area (Å²) in [7, 11) is 0. The highest BCUT2D eigenvalue weighted by atomic mass is 35.5. The van der Waals surface area contributed by atoms with Gasteiger partial charge >= 0.3 is 0 Å². The molecule has 0 fully saturated rings. The van der Waals surface area contributed by atoms with Crippen molar-refractivity contribution in [2.45, 2.75) is 26.7 Å². The average Bonchev–Trinajstić information content (AvgIpc) is 3.54. The number of anilines is 1. The van der Waals surface area contributed by atoms with Crippen LogP contribution in [0.25, 0.3) is 0 Å². The van der Waals surface area contributed by atoms with Gasteiger partial charge in [0.2, 0.25) is 0 Å². The van der Waals surface area contributed by atoms with Crippen LogP contribution in [0.5, 0.6) is 0 Å². The molecule has 0 saturated heterocycles. The molecule has 1 N–H and O–H groups in total. The van der Waals surface area contributed by atoms with Crippen LogP contribution in [0.1, 0.15) is 47.6 Å². The summed E-state index contributed by atoms with van der Waals surface area (Å²) in [6, 6.07) is 10.4. The molecule has 3 aromatic heterocycles. The van der Waals surface area contributed by atoms with Gasteiger partial charge in [-0.3, -0.25) is 9.59 Å².